The first-order chi connectivity index (χ1) is 9.75. The normalized spacial score (nSPS) is 16.1. The average molecular weight is 295 g/mol. The summed E-state index contributed by atoms with van der Waals surface area (Å²) in [5, 5.41) is 4.49. The number of halogens is 1. The van der Waals surface area contributed by atoms with Gasteiger partial charge in [-0.15, -0.1) is 0 Å². The fourth-order valence-electron chi connectivity index (χ4n) is 2.15. The lowest BCUT2D eigenvalue weighted by Gasteiger charge is -2.19. The molecule has 1 fully saturated rings. The predicted molar refractivity (Wildman–Crippen MR) is 80.0 cm³/mol. The monoisotopic (exact) mass is 294 g/mol. The molecule has 0 aromatic heterocycles. The largest absolute Gasteiger partial charge is 0.386 e. The van der Waals surface area contributed by atoms with Crippen LogP contribution in [0.25, 0.3) is 0 Å². The number of benzene rings is 1. The van der Waals surface area contributed by atoms with Crippen molar-refractivity contribution in [1.82, 2.24) is 4.90 Å². The van der Waals surface area contributed by atoms with Gasteiger partial charge in [-0.25, -0.2) is 0 Å². The van der Waals surface area contributed by atoms with Crippen molar-refractivity contribution in [1.29, 1.82) is 0 Å². The van der Waals surface area contributed by atoms with Crippen LogP contribution >= 0.6 is 11.6 Å². The molecule has 0 spiro atoms. The standard InChI is InChI=1S/C15H19ClN2O2/c16-14-7-5-13(6-8-14)11-17-20-12-15(19)18-9-3-1-2-4-10-18/h5-8,11H,1-4,9-10,12H2. The number of amides is 1. The summed E-state index contributed by atoms with van der Waals surface area (Å²) >= 11 is 5.79. The molecule has 4 nitrogen and oxygen atoms in total. The Hall–Kier alpha value is -1.55. The lowest BCUT2D eigenvalue weighted by atomic mass is 10.2. The Bertz CT molecular complexity index is 451. The van der Waals surface area contributed by atoms with Gasteiger partial charge >= 0.3 is 0 Å². The van der Waals surface area contributed by atoms with E-state index < -0.39 is 0 Å². The highest BCUT2D eigenvalue weighted by molar-refractivity contribution is 6.30. The lowest BCUT2D eigenvalue weighted by Crippen LogP contribution is -2.34. The quantitative estimate of drug-likeness (QED) is 0.632. The van der Waals surface area contributed by atoms with Gasteiger partial charge in [0, 0.05) is 18.1 Å². The van der Waals surface area contributed by atoms with Crippen LogP contribution in [0.1, 0.15) is 31.2 Å². The van der Waals surface area contributed by atoms with Gasteiger partial charge in [-0.2, -0.15) is 0 Å². The number of hydrogen-bond acceptors (Lipinski definition) is 3. The number of hydrogen-bond donors (Lipinski definition) is 0. The summed E-state index contributed by atoms with van der Waals surface area (Å²) in [6.45, 7) is 1.68. The lowest BCUT2D eigenvalue weighted by molar-refractivity contribution is -0.136. The van der Waals surface area contributed by atoms with Crippen molar-refractivity contribution in [3.05, 3.63) is 34.9 Å². The maximum atomic E-state index is 11.9. The first-order valence-electron chi connectivity index (χ1n) is 6.94. The zero-order valence-corrected chi connectivity index (χ0v) is 12.2. The van der Waals surface area contributed by atoms with E-state index in [1.807, 2.05) is 17.0 Å². The fourth-order valence-corrected chi connectivity index (χ4v) is 2.28. The third-order valence-corrected chi connectivity index (χ3v) is 3.55. The number of likely N-dealkylation sites (tertiary alicyclic amines) is 1. The number of carbonyl (C=O) groups is 1. The minimum atomic E-state index is 0.00406. The fraction of sp³-hybridized carbons (Fsp3) is 0.467. The van der Waals surface area contributed by atoms with E-state index in [0.29, 0.717) is 5.02 Å². The van der Waals surface area contributed by atoms with Gasteiger partial charge in [0.25, 0.3) is 5.91 Å². The number of nitrogens with zero attached hydrogens (tertiary/aromatic N) is 2. The molecule has 0 aliphatic carbocycles. The van der Waals surface area contributed by atoms with E-state index in [4.69, 9.17) is 16.4 Å². The Kier molecular flexibility index (Phi) is 5.87. The molecule has 0 bridgehead atoms. The molecule has 1 amide bonds. The van der Waals surface area contributed by atoms with E-state index in [2.05, 4.69) is 5.16 Å². The van der Waals surface area contributed by atoms with Gasteiger partial charge in [-0.05, 0) is 30.5 Å². The maximum Gasteiger partial charge on any atom is 0.263 e. The van der Waals surface area contributed by atoms with Gasteiger partial charge in [0.2, 0.25) is 0 Å². The summed E-state index contributed by atoms with van der Waals surface area (Å²) < 4.78 is 0. The smallest absolute Gasteiger partial charge is 0.263 e. The second kappa shape index (κ2) is 7.90. The highest BCUT2D eigenvalue weighted by Gasteiger charge is 2.15. The molecule has 1 heterocycles. The Morgan fingerprint density at radius 2 is 1.85 bits per heavy atom. The first-order valence-corrected chi connectivity index (χ1v) is 7.32. The molecule has 108 valence electrons. The van der Waals surface area contributed by atoms with Crippen molar-refractivity contribution in [3.8, 4) is 0 Å². The second-order valence-corrected chi connectivity index (χ2v) is 5.29. The molecular weight excluding hydrogens is 276 g/mol. The van der Waals surface area contributed by atoms with Crippen LogP contribution in [0.15, 0.2) is 29.4 Å². The van der Waals surface area contributed by atoms with Crippen LogP contribution in [0, 0.1) is 0 Å². The van der Waals surface area contributed by atoms with E-state index in [9.17, 15) is 4.79 Å². The number of oxime groups is 1. The van der Waals surface area contributed by atoms with Crippen molar-refractivity contribution < 1.29 is 9.63 Å². The molecule has 0 saturated carbocycles. The summed E-state index contributed by atoms with van der Waals surface area (Å²) in [6, 6.07) is 7.24. The maximum absolute atomic E-state index is 11.9. The van der Waals surface area contributed by atoms with Gasteiger partial charge in [0.05, 0.1) is 6.21 Å². The van der Waals surface area contributed by atoms with E-state index in [-0.39, 0.29) is 12.5 Å². The molecule has 1 aliphatic rings. The molecule has 0 radical (unpaired) electrons. The van der Waals surface area contributed by atoms with Crippen molar-refractivity contribution in [2.75, 3.05) is 19.7 Å². The summed E-state index contributed by atoms with van der Waals surface area (Å²) in [4.78, 5) is 18.9. The molecule has 2 rings (SSSR count). The van der Waals surface area contributed by atoms with Gasteiger partial charge in [-0.3, -0.25) is 4.79 Å². The summed E-state index contributed by atoms with van der Waals surface area (Å²) in [6.07, 6.45) is 6.16. The highest BCUT2D eigenvalue weighted by Crippen LogP contribution is 2.10. The molecule has 0 unspecified atom stereocenters. The topological polar surface area (TPSA) is 41.9 Å². The average Bonchev–Trinajstić information content (AvgIpc) is 2.74. The summed E-state index contributed by atoms with van der Waals surface area (Å²) in [7, 11) is 0. The van der Waals surface area contributed by atoms with Crippen molar-refractivity contribution in [2.24, 2.45) is 5.16 Å². The molecule has 1 aromatic carbocycles. The van der Waals surface area contributed by atoms with Crippen molar-refractivity contribution in [3.63, 3.8) is 0 Å². The summed E-state index contributed by atoms with van der Waals surface area (Å²) in [5.41, 5.74) is 0.886. The molecule has 20 heavy (non-hydrogen) atoms. The Morgan fingerprint density at radius 1 is 1.20 bits per heavy atom. The zero-order valence-electron chi connectivity index (χ0n) is 11.4. The van der Waals surface area contributed by atoms with Crippen LogP contribution in [-0.4, -0.2) is 36.7 Å². The number of carbonyl (C=O) groups excluding carboxylic acids is 1. The van der Waals surface area contributed by atoms with Crippen molar-refractivity contribution in [2.45, 2.75) is 25.7 Å². The van der Waals surface area contributed by atoms with Crippen LogP contribution in [-0.2, 0) is 9.63 Å². The zero-order chi connectivity index (χ0) is 14.2. The van der Waals surface area contributed by atoms with Crippen molar-refractivity contribution >= 4 is 23.7 Å². The highest BCUT2D eigenvalue weighted by atomic mass is 35.5. The Morgan fingerprint density at radius 3 is 2.50 bits per heavy atom. The van der Waals surface area contributed by atoms with E-state index in [1.165, 1.54) is 12.8 Å². The van der Waals surface area contributed by atoms with E-state index in [0.717, 1.165) is 31.5 Å². The van der Waals surface area contributed by atoms with E-state index >= 15 is 0 Å². The minimum absolute atomic E-state index is 0.00406. The number of rotatable bonds is 4. The molecule has 1 aromatic rings. The predicted octanol–water partition coefficient (Wildman–Crippen LogP) is 3.09. The SMILES string of the molecule is O=C(CON=Cc1ccc(Cl)cc1)N1CCCCCC1. The van der Waals surface area contributed by atoms with Gasteiger partial charge in [0.15, 0.2) is 6.61 Å². The van der Waals surface area contributed by atoms with Crippen LogP contribution in [0.2, 0.25) is 5.02 Å². The third-order valence-electron chi connectivity index (χ3n) is 3.29. The molecule has 0 atom stereocenters. The van der Waals surface area contributed by atoms with Crippen LogP contribution < -0.4 is 0 Å². The summed E-state index contributed by atoms with van der Waals surface area (Å²) in [5.74, 6) is 0.0140. The molecule has 1 aliphatic heterocycles. The third kappa shape index (κ3) is 4.85. The second-order valence-electron chi connectivity index (χ2n) is 4.85. The van der Waals surface area contributed by atoms with E-state index in [1.54, 1.807) is 18.3 Å². The van der Waals surface area contributed by atoms with Gasteiger partial charge in [0.1, 0.15) is 0 Å². The van der Waals surface area contributed by atoms with Gasteiger partial charge in [-0.1, -0.05) is 41.7 Å². The van der Waals surface area contributed by atoms with Crippen LogP contribution in [0.4, 0.5) is 0 Å². The van der Waals surface area contributed by atoms with Crippen LogP contribution in [0.5, 0.6) is 0 Å². The molecule has 1 saturated heterocycles. The minimum Gasteiger partial charge on any atom is -0.386 e. The molecule has 5 heteroatoms. The Labute approximate surface area is 124 Å². The first kappa shape index (κ1) is 14.9. The molecular formula is C15H19ClN2O2. The van der Waals surface area contributed by atoms with Crippen LogP contribution in [0.3, 0.4) is 0 Å². The molecule has 0 N–H and O–H groups in total. The Balaban J connectivity index is 1.74. The van der Waals surface area contributed by atoms with Gasteiger partial charge < -0.3 is 9.74 Å².